The summed E-state index contributed by atoms with van der Waals surface area (Å²) >= 11 is 5.65. The average molecular weight is 229 g/mol. The van der Waals surface area contributed by atoms with Gasteiger partial charge in [0.05, 0.1) is 0 Å². The first kappa shape index (κ1) is 12.2. The van der Waals surface area contributed by atoms with Crippen LogP contribution in [0.2, 0.25) is 0 Å². The zero-order valence-electron chi connectivity index (χ0n) is 8.83. The molecule has 0 aliphatic rings. The smallest absolute Gasteiger partial charge is 0.128 e. The Kier molecular flexibility index (Phi) is 4.81. The Bertz CT molecular complexity index is 316. The van der Waals surface area contributed by atoms with Gasteiger partial charge in [-0.15, -0.1) is 11.6 Å². The van der Waals surface area contributed by atoms with Crippen molar-refractivity contribution in [2.24, 2.45) is 5.84 Å². The Labute approximate surface area is 95.0 Å². The van der Waals surface area contributed by atoms with Crippen LogP contribution < -0.4 is 17.0 Å². The minimum Gasteiger partial charge on any atom is -0.383 e. The number of alkyl halides is 1. The van der Waals surface area contributed by atoms with Gasteiger partial charge in [-0.05, 0) is 31.4 Å². The van der Waals surface area contributed by atoms with E-state index < -0.39 is 0 Å². The first-order chi connectivity index (χ1) is 7.19. The van der Waals surface area contributed by atoms with Crippen LogP contribution in [-0.4, -0.2) is 10.9 Å². The van der Waals surface area contributed by atoms with E-state index >= 15 is 0 Å². The highest BCUT2D eigenvalue weighted by atomic mass is 35.5. The normalized spacial score (nSPS) is 12.7. The van der Waals surface area contributed by atoms with E-state index in [0.29, 0.717) is 11.7 Å². The number of nitrogens with one attached hydrogen (secondary N) is 1. The van der Waals surface area contributed by atoms with E-state index in [1.165, 1.54) is 0 Å². The van der Waals surface area contributed by atoms with Gasteiger partial charge in [0.25, 0.3) is 0 Å². The number of pyridine rings is 1. The second-order valence-electron chi connectivity index (χ2n) is 3.54. The fourth-order valence-corrected chi connectivity index (χ4v) is 1.65. The Morgan fingerprint density at radius 2 is 2.33 bits per heavy atom. The highest BCUT2D eigenvalue weighted by Crippen LogP contribution is 2.23. The van der Waals surface area contributed by atoms with Gasteiger partial charge in [-0.2, -0.15) is 0 Å². The number of nitrogen functional groups attached to an aromatic ring is 1. The maximum absolute atomic E-state index is 5.80. The predicted octanol–water partition coefficient (Wildman–Crippen LogP) is 1.50. The van der Waals surface area contributed by atoms with Crippen LogP contribution in [0.15, 0.2) is 12.3 Å². The summed E-state index contributed by atoms with van der Waals surface area (Å²) in [4.78, 5) is 4.10. The summed E-state index contributed by atoms with van der Waals surface area (Å²) in [6, 6.07) is 2.03. The van der Waals surface area contributed by atoms with Crippen LogP contribution in [0.25, 0.3) is 0 Å². The first-order valence-electron chi connectivity index (χ1n) is 4.93. The van der Waals surface area contributed by atoms with Gasteiger partial charge in [-0.3, -0.25) is 11.3 Å². The molecule has 5 heteroatoms. The Balaban J connectivity index is 2.85. The Morgan fingerprint density at radius 3 is 2.93 bits per heavy atom. The second-order valence-corrected chi connectivity index (χ2v) is 3.92. The van der Waals surface area contributed by atoms with Crippen molar-refractivity contribution < 1.29 is 0 Å². The minimum absolute atomic E-state index is 0.0242. The second kappa shape index (κ2) is 5.90. The highest BCUT2D eigenvalue weighted by molar-refractivity contribution is 6.17. The number of hydrazine groups is 1. The van der Waals surface area contributed by atoms with Gasteiger partial charge in [0.1, 0.15) is 5.82 Å². The largest absolute Gasteiger partial charge is 0.383 e. The van der Waals surface area contributed by atoms with Crippen LogP contribution in [0.3, 0.4) is 0 Å². The molecule has 0 fully saturated rings. The van der Waals surface area contributed by atoms with Gasteiger partial charge >= 0.3 is 0 Å². The van der Waals surface area contributed by atoms with E-state index in [0.717, 1.165) is 24.0 Å². The minimum atomic E-state index is 0.0242. The molecule has 1 aromatic heterocycles. The lowest BCUT2D eigenvalue weighted by Crippen LogP contribution is -2.29. The van der Waals surface area contributed by atoms with Crippen molar-refractivity contribution in [1.29, 1.82) is 0 Å². The molecule has 15 heavy (non-hydrogen) atoms. The molecule has 0 amide bonds. The van der Waals surface area contributed by atoms with E-state index in [1.807, 2.05) is 13.0 Å². The van der Waals surface area contributed by atoms with E-state index in [4.69, 9.17) is 23.2 Å². The van der Waals surface area contributed by atoms with Crippen molar-refractivity contribution in [1.82, 2.24) is 10.4 Å². The van der Waals surface area contributed by atoms with Gasteiger partial charge < -0.3 is 5.73 Å². The molecule has 0 bridgehead atoms. The van der Waals surface area contributed by atoms with E-state index in [2.05, 4.69) is 10.4 Å². The number of aromatic nitrogens is 1. The zero-order chi connectivity index (χ0) is 11.3. The molecule has 1 unspecified atom stereocenters. The molecule has 84 valence electrons. The van der Waals surface area contributed by atoms with Gasteiger partial charge in [-0.1, -0.05) is 0 Å². The third-order valence-corrected chi connectivity index (χ3v) is 2.56. The summed E-state index contributed by atoms with van der Waals surface area (Å²) in [5, 5.41) is 0. The molecule has 0 spiro atoms. The first-order valence-corrected chi connectivity index (χ1v) is 5.46. The summed E-state index contributed by atoms with van der Waals surface area (Å²) in [7, 11) is 0. The lowest BCUT2D eigenvalue weighted by Gasteiger charge is -2.17. The molecule has 4 nitrogen and oxygen atoms in total. The topological polar surface area (TPSA) is 77.0 Å². The van der Waals surface area contributed by atoms with Gasteiger partial charge in [0.15, 0.2) is 0 Å². The molecule has 1 heterocycles. The molecule has 1 rings (SSSR count). The number of nitrogens with zero attached hydrogens (tertiary/aromatic N) is 1. The Hall–Kier alpha value is -0.840. The standard InChI is InChI=1S/C10H17ClN4/c1-7-5-8(10(12)14-6-7)9(15-13)3-2-4-11/h5-6,9,15H,2-4,13H2,1H3,(H2,12,14). The number of aryl methyl sites for hydroxylation is 1. The SMILES string of the molecule is Cc1cnc(N)c(C(CCCCl)NN)c1. The van der Waals surface area contributed by atoms with Crippen LogP contribution in [0.1, 0.15) is 30.0 Å². The average Bonchev–Trinajstić information content (AvgIpc) is 2.24. The fourth-order valence-electron chi connectivity index (χ4n) is 1.49. The lowest BCUT2D eigenvalue weighted by atomic mass is 10.0. The van der Waals surface area contributed by atoms with Crippen LogP contribution >= 0.6 is 11.6 Å². The monoisotopic (exact) mass is 228 g/mol. The molecular formula is C10H17ClN4. The summed E-state index contributed by atoms with van der Waals surface area (Å²) < 4.78 is 0. The summed E-state index contributed by atoms with van der Waals surface area (Å²) in [5.41, 5.74) is 10.6. The lowest BCUT2D eigenvalue weighted by molar-refractivity contribution is 0.511. The molecule has 0 aromatic carbocycles. The summed E-state index contributed by atoms with van der Waals surface area (Å²) in [6.45, 7) is 1.98. The highest BCUT2D eigenvalue weighted by Gasteiger charge is 2.13. The van der Waals surface area contributed by atoms with Crippen LogP contribution in [0.4, 0.5) is 5.82 Å². The molecule has 5 N–H and O–H groups in total. The van der Waals surface area contributed by atoms with Crippen molar-refractivity contribution >= 4 is 17.4 Å². The molecule has 0 radical (unpaired) electrons. The van der Waals surface area contributed by atoms with Crippen molar-refractivity contribution in [3.63, 3.8) is 0 Å². The van der Waals surface area contributed by atoms with Crippen LogP contribution in [-0.2, 0) is 0 Å². The van der Waals surface area contributed by atoms with E-state index in [1.54, 1.807) is 6.20 Å². The van der Waals surface area contributed by atoms with Crippen molar-refractivity contribution in [2.45, 2.75) is 25.8 Å². The van der Waals surface area contributed by atoms with Crippen molar-refractivity contribution in [3.8, 4) is 0 Å². The van der Waals surface area contributed by atoms with Gasteiger partial charge in [0, 0.05) is 23.7 Å². The van der Waals surface area contributed by atoms with E-state index in [9.17, 15) is 0 Å². The molecule has 1 aromatic rings. The zero-order valence-corrected chi connectivity index (χ0v) is 9.59. The number of halogens is 1. The van der Waals surface area contributed by atoms with E-state index in [-0.39, 0.29) is 6.04 Å². The number of rotatable bonds is 5. The summed E-state index contributed by atoms with van der Waals surface area (Å²) in [6.07, 6.45) is 3.49. The number of nitrogens with two attached hydrogens (primary N) is 2. The maximum atomic E-state index is 5.80. The summed E-state index contributed by atoms with van der Waals surface area (Å²) in [5.74, 6) is 6.64. The molecule has 1 atom stereocenters. The fraction of sp³-hybridized carbons (Fsp3) is 0.500. The Morgan fingerprint density at radius 1 is 1.60 bits per heavy atom. The van der Waals surface area contributed by atoms with Crippen molar-refractivity contribution in [3.05, 3.63) is 23.4 Å². The van der Waals surface area contributed by atoms with Crippen LogP contribution in [0.5, 0.6) is 0 Å². The molecule has 0 aliphatic carbocycles. The third kappa shape index (κ3) is 3.34. The third-order valence-electron chi connectivity index (χ3n) is 2.29. The van der Waals surface area contributed by atoms with Crippen molar-refractivity contribution in [2.75, 3.05) is 11.6 Å². The molecule has 0 saturated heterocycles. The van der Waals surface area contributed by atoms with Crippen LogP contribution in [0, 0.1) is 6.92 Å². The predicted molar refractivity (Wildman–Crippen MR) is 63.4 cm³/mol. The molecular weight excluding hydrogens is 212 g/mol. The number of anilines is 1. The quantitative estimate of drug-likeness (QED) is 0.406. The van der Waals surface area contributed by atoms with Gasteiger partial charge in [-0.25, -0.2) is 4.98 Å². The number of hydrogen-bond donors (Lipinski definition) is 3. The maximum Gasteiger partial charge on any atom is 0.128 e. The molecule has 0 saturated carbocycles. The molecule has 0 aliphatic heterocycles. The van der Waals surface area contributed by atoms with Gasteiger partial charge in [0.2, 0.25) is 0 Å². The number of hydrogen-bond acceptors (Lipinski definition) is 4.